The van der Waals surface area contributed by atoms with E-state index in [0.29, 0.717) is 30.0 Å². The molecule has 106 valence electrons. The highest BCUT2D eigenvalue weighted by Crippen LogP contribution is 2.28. The molecule has 19 heavy (non-hydrogen) atoms. The molecule has 2 rings (SSSR count). The minimum absolute atomic E-state index is 0.0388. The van der Waals surface area contributed by atoms with E-state index in [-0.39, 0.29) is 16.0 Å². The van der Waals surface area contributed by atoms with E-state index in [1.165, 1.54) is 16.4 Å². The first-order valence-corrected chi connectivity index (χ1v) is 8.89. The fraction of sp³-hybridized carbons (Fsp3) is 0.455. The minimum atomic E-state index is -3.64. The first-order valence-electron chi connectivity index (χ1n) is 5.58. The number of hydrogen-bond acceptors (Lipinski definition) is 3. The number of halogens is 3. The molecule has 1 heterocycles. The van der Waals surface area contributed by atoms with Crippen molar-refractivity contribution in [1.82, 2.24) is 4.31 Å². The molecule has 0 bridgehead atoms. The van der Waals surface area contributed by atoms with Gasteiger partial charge < -0.3 is 4.74 Å². The predicted molar refractivity (Wildman–Crippen MR) is 78.8 cm³/mol. The molecule has 1 fully saturated rings. The molecule has 0 spiro atoms. The third kappa shape index (κ3) is 3.43. The summed E-state index contributed by atoms with van der Waals surface area (Å²) in [4.78, 5) is 0.0388. The van der Waals surface area contributed by atoms with Gasteiger partial charge in [-0.15, -0.1) is 0 Å². The van der Waals surface area contributed by atoms with Gasteiger partial charge in [0, 0.05) is 23.4 Å². The molecule has 0 N–H and O–H groups in total. The first kappa shape index (κ1) is 15.5. The van der Waals surface area contributed by atoms with Gasteiger partial charge in [0.15, 0.2) is 0 Å². The van der Waals surface area contributed by atoms with Gasteiger partial charge in [0.05, 0.1) is 17.7 Å². The van der Waals surface area contributed by atoms with Gasteiger partial charge >= 0.3 is 0 Å². The Kier molecular flexibility index (Phi) is 5.14. The number of sulfonamides is 1. The zero-order valence-corrected chi connectivity index (χ0v) is 13.8. The zero-order chi connectivity index (χ0) is 14.0. The van der Waals surface area contributed by atoms with Gasteiger partial charge in [-0.2, -0.15) is 4.31 Å². The molecule has 1 aromatic carbocycles. The summed E-state index contributed by atoms with van der Waals surface area (Å²) in [5, 5.41) is 1.10. The normalized spacial score (nSPS) is 21.5. The lowest BCUT2D eigenvalue weighted by molar-refractivity contribution is 0.0137. The van der Waals surface area contributed by atoms with Crippen LogP contribution in [0.15, 0.2) is 23.1 Å². The van der Waals surface area contributed by atoms with Crippen molar-refractivity contribution in [2.45, 2.75) is 11.0 Å². The summed E-state index contributed by atoms with van der Waals surface area (Å²) in [6.07, 6.45) is -0.151. The number of morpholine rings is 1. The van der Waals surface area contributed by atoms with Crippen molar-refractivity contribution in [3.8, 4) is 0 Å². The van der Waals surface area contributed by atoms with E-state index in [4.69, 9.17) is 27.9 Å². The minimum Gasteiger partial charge on any atom is -0.375 e. The molecule has 0 radical (unpaired) electrons. The van der Waals surface area contributed by atoms with Crippen molar-refractivity contribution >= 4 is 49.2 Å². The molecule has 0 saturated carbocycles. The van der Waals surface area contributed by atoms with Gasteiger partial charge in [-0.1, -0.05) is 39.1 Å². The van der Waals surface area contributed by atoms with Gasteiger partial charge in [0.1, 0.15) is 4.90 Å². The van der Waals surface area contributed by atoms with Gasteiger partial charge in [-0.05, 0) is 18.2 Å². The highest BCUT2D eigenvalue weighted by Gasteiger charge is 2.31. The lowest BCUT2D eigenvalue weighted by Gasteiger charge is -2.31. The van der Waals surface area contributed by atoms with Crippen molar-refractivity contribution in [3.63, 3.8) is 0 Å². The van der Waals surface area contributed by atoms with Crippen LogP contribution in [0.3, 0.4) is 0 Å². The third-order valence-corrected chi connectivity index (χ3v) is 6.09. The van der Waals surface area contributed by atoms with Crippen molar-refractivity contribution < 1.29 is 13.2 Å². The number of hydrogen-bond donors (Lipinski definition) is 0. The second-order valence-corrected chi connectivity index (χ2v) is 7.48. The quantitative estimate of drug-likeness (QED) is 0.748. The lowest BCUT2D eigenvalue weighted by Crippen LogP contribution is -2.46. The predicted octanol–water partition coefficient (Wildman–Crippen LogP) is 2.78. The van der Waals surface area contributed by atoms with Crippen molar-refractivity contribution in [2.24, 2.45) is 0 Å². The molecule has 1 atom stereocenters. The van der Waals surface area contributed by atoms with E-state index in [0.717, 1.165) is 0 Å². The molecule has 0 amide bonds. The van der Waals surface area contributed by atoms with Gasteiger partial charge in [-0.25, -0.2) is 8.42 Å². The molecule has 1 aliphatic rings. The summed E-state index contributed by atoms with van der Waals surface area (Å²) in [7, 11) is -3.64. The van der Waals surface area contributed by atoms with Crippen molar-refractivity contribution in [2.75, 3.05) is 25.0 Å². The standard InChI is InChI=1S/C11H12BrCl2NO3S/c12-6-9-7-15(3-4-18-9)19(16,17)11-5-8(13)1-2-10(11)14/h1-2,5,9H,3-4,6-7H2. The highest BCUT2D eigenvalue weighted by atomic mass is 79.9. The second kappa shape index (κ2) is 6.28. The van der Waals surface area contributed by atoms with E-state index in [2.05, 4.69) is 15.9 Å². The number of alkyl halides is 1. The SMILES string of the molecule is O=S(=O)(c1cc(Cl)ccc1Cl)N1CCOC(CBr)C1. The fourth-order valence-electron chi connectivity index (χ4n) is 1.82. The van der Waals surface area contributed by atoms with Crippen molar-refractivity contribution in [1.29, 1.82) is 0 Å². The monoisotopic (exact) mass is 387 g/mol. The topological polar surface area (TPSA) is 46.6 Å². The maximum absolute atomic E-state index is 12.5. The Morgan fingerprint density at radius 1 is 1.42 bits per heavy atom. The average Bonchev–Trinajstić information content (AvgIpc) is 2.41. The Bertz CT molecular complexity index is 567. The fourth-order valence-corrected chi connectivity index (χ4v) is 4.40. The Balaban J connectivity index is 2.34. The lowest BCUT2D eigenvalue weighted by atomic mass is 10.3. The Morgan fingerprint density at radius 2 is 2.16 bits per heavy atom. The van der Waals surface area contributed by atoms with Crippen LogP contribution in [0, 0.1) is 0 Å². The summed E-state index contributed by atoms with van der Waals surface area (Å²) in [5.74, 6) is 0. The molecule has 4 nitrogen and oxygen atoms in total. The number of rotatable bonds is 3. The molecule has 1 unspecified atom stereocenters. The van der Waals surface area contributed by atoms with E-state index < -0.39 is 10.0 Å². The van der Waals surface area contributed by atoms with E-state index in [9.17, 15) is 8.42 Å². The molecule has 0 aromatic heterocycles. The van der Waals surface area contributed by atoms with Crippen LogP contribution in [0.1, 0.15) is 0 Å². The Hall–Kier alpha value is 0.150. The molecule has 1 saturated heterocycles. The maximum atomic E-state index is 12.5. The largest absolute Gasteiger partial charge is 0.375 e. The summed E-state index contributed by atoms with van der Waals surface area (Å²) in [6.45, 7) is 0.985. The van der Waals surface area contributed by atoms with Crippen LogP contribution >= 0.6 is 39.1 Å². The van der Waals surface area contributed by atoms with Crippen LogP contribution < -0.4 is 0 Å². The molecule has 1 aliphatic heterocycles. The zero-order valence-electron chi connectivity index (χ0n) is 9.85. The van der Waals surface area contributed by atoms with Gasteiger partial charge in [-0.3, -0.25) is 0 Å². The van der Waals surface area contributed by atoms with E-state index in [1.54, 1.807) is 6.07 Å². The summed E-state index contributed by atoms with van der Waals surface area (Å²) in [6, 6.07) is 4.42. The summed E-state index contributed by atoms with van der Waals surface area (Å²) < 4.78 is 31.9. The highest BCUT2D eigenvalue weighted by molar-refractivity contribution is 9.09. The van der Waals surface area contributed by atoms with Crippen LogP contribution in [0.25, 0.3) is 0 Å². The number of ether oxygens (including phenoxy) is 1. The van der Waals surface area contributed by atoms with Crippen LogP contribution in [-0.4, -0.2) is 43.9 Å². The average molecular weight is 389 g/mol. The molecular weight excluding hydrogens is 377 g/mol. The van der Waals surface area contributed by atoms with Gasteiger partial charge in [0.25, 0.3) is 0 Å². The van der Waals surface area contributed by atoms with Crippen LogP contribution in [0.2, 0.25) is 10.0 Å². The maximum Gasteiger partial charge on any atom is 0.244 e. The Labute approximate surface area is 130 Å². The third-order valence-electron chi connectivity index (χ3n) is 2.78. The molecule has 8 heteroatoms. The van der Waals surface area contributed by atoms with Crippen LogP contribution in [0.4, 0.5) is 0 Å². The molecular formula is C11H12BrCl2NO3S. The molecule has 0 aliphatic carbocycles. The summed E-state index contributed by atoms with van der Waals surface area (Å²) in [5.41, 5.74) is 0. The van der Waals surface area contributed by atoms with Crippen LogP contribution in [0.5, 0.6) is 0 Å². The Morgan fingerprint density at radius 3 is 2.84 bits per heavy atom. The smallest absolute Gasteiger partial charge is 0.244 e. The number of nitrogens with zero attached hydrogens (tertiary/aromatic N) is 1. The summed E-state index contributed by atoms with van der Waals surface area (Å²) >= 11 is 15.1. The van der Waals surface area contributed by atoms with Crippen molar-refractivity contribution in [3.05, 3.63) is 28.2 Å². The second-order valence-electron chi connectivity index (χ2n) is 4.08. The van der Waals surface area contributed by atoms with E-state index in [1.807, 2.05) is 0 Å². The molecule has 1 aromatic rings. The van der Waals surface area contributed by atoms with Gasteiger partial charge in [0.2, 0.25) is 10.0 Å². The van der Waals surface area contributed by atoms with Crippen LogP contribution in [-0.2, 0) is 14.8 Å². The van der Waals surface area contributed by atoms with E-state index >= 15 is 0 Å². The first-order chi connectivity index (χ1) is 8.95. The number of benzene rings is 1.